The third-order valence-electron chi connectivity index (χ3n) is 5.25. The van der Waals surface area contributed by atoms with Crippen LogP contribution in [0.25, 0.3) is 11.1 Å². The number of primary amides is 1. The Morgan fingerprint density at radius 3 is 2.78 bits per heavy atom. The van der Waals surface area contributed by atoms with E-state index >= 15 is 0 Å². The van der Waals surface area contributed by atoms with Gasteiger partial charge in [-0.15, -0.1) is 0 Å². The molecule has 140 valence electrons. The molecule has 1 aromatic carbocycles. The van der Waals surface area contributed by atoms with Crippen molar-refractivity contribution in [1.29, 1.82) is 0 Å². The maximum atomic E-state index is 12.2. The van der Waals surface area contributed by atoms with Crippen molar-refractivity contribution in [2.75, 3.05) is 18.0 Å². The first kappa shape index (κ1) is 18.2. The van der Waals surface area contributed by atoms with Crippen LogP contribution in [0.15, 0.2) is 29.8 Å². The molecular weight excluding hydrogens is 385 g/mol. The van der Waals surface area contributed by atoms with Crippen LogP contribution in [0.3, 0.4) is 0 Å². The molecule has 2 heterocycles. The van der Waals surface area contributed by atoms with Crippen LogP contribution < -0.4 is 16.4 Å². The van der Waals surface area contributed by atoms with Gasteiger partial charge in [0.05, 0.1) is 15.7 Å². The van der Waals surface area contributed by atoms with E-state index in [9.17, 15) is 4.79 Å². The Bertz CT molecular complexity index is 975. The lowest BCUT2D eigenvalue weighted by molar-refractivity contribution is 0.0996. The average Bonchev–Trinajstić information content (AvgIpc) is 3.19. The molecule has 1 aliphatic heterocycles. The lowest BCUT2D eigenvalue weighted by atomic mass is 10.0. The van der Waals surface area contributed by atoms with E-state index in [1.807, 2.05) is 11.8 Å². The van der Waals surface area contributed by atoms with Crippen molar-refractivity contribution in [3.63, 3.8) is 0 Å². The van der Waals surface area contributed by atoms with Crippen molar-refractivity contribution in [2.24, 2.45) is 17.4 Å². The third-order valence-corrected chi connectivity index (χ3v) is 6.07. The van der Waals surface area contributed by atoms with Crippen LogP contribution >= 0.6 is 23.2 Å². The first-order valence-corrected chi connectivity index (χ1v) is 9.44. The molecule has 0 spiro atoms. The molecule has 1 amide bonds. The van der Waals surface area contributed by atoms with Crippen molar-refractivity contribution < 1.29 is 4.79 Å². The summed E-state index contributed by atoms with van der Waals surface area (Å²) in [5.74, 6) is 0.154. The van der Waals surface area contributed by atoms with Gasteiger partial charge >= 0.3 is 0 Å². The molecule has 1 aliphatic carbocycles. The number of benzene rings is 1. The molecule has 2 aliphatic rings. The molecule has 27 heavy (non-hydrogen) atoms. The summed E-state index contributed by atoms with van der Waals surface area (Å²) in [6.45, 7) is 3.27. The second kappa shape index (κ2) is 6.78. The number of nitrogens with two attached hydrogens (primary N) is 2. The molecule has 4 rings (SSSR count). The van der Waals surface area contributed by atoms with Gasteiger partial charge in [-0.25, -0.2) is 9.97 Å². The highest BCUT2D eigenvalue weighted by atomic mass is 35.5. The van der Waals surface area contributed by atoms with E-state index in [4.69, 9.17) is 34.7 Å². The van der Waals surface area contributed by atoms with Gasteiger partial charge < -0.3 is 16.4 Å². The van der Waals surface area contributed by atoms with Crippen LogP contribution in [0.1, 0.15) is 22.6 Å². The lowest BCUT2D eigenvalue weighted by Gasteiger charge is -2.20. The molecule has 1 fully saturated rings. The number of nitrogens with zero attached hydrogens (tertiary/aromatic N) is 3. The first-order chi connectivity index (χ1) is 12.9. The van der Waals surface area contributed by atoms with E-state index in [1.165, 1.54) is 5.57 Å². The average molecular weight is 404 g/mol. The van der Waals surface area contributed by atoms with Gasteiger partial charge in [-0.1, -0.05) is 41.4 Å². The highest BCUT2D eigenvalue weighted by Crippen LogP contribution is 2.38. The maximum Gasteiger partial charge on any atom is 0.268 e. The van der Waals surface area contributed by atoms with Gasteiger partial charge in [-0.2, -0.15) is 0 Å². The Labute approximate surface area is 167 Å². The third kappa shape index (κ3) is 3.08. The van der Waals surface area contributed by atoms with E-state index in [1.54, 1.807) is 18.2 Å². The Morgan fingerprint density at radius 2 is 2.07 bits per heavy atom. The summed E-state index contributed by atoms with van der Waals surface area (Å²) >= 11 is 12.5. The molecule has 2 atom stereocenters. The SMILES string of the molecule is Cc1nc(N2CC3=CCC(N)[C@H]3C2)nc(C(N)=O)c1-c1cccc(Cl)c1Cl. The van der Waals surface area contributed by atoms with Gasteiger partial charge in [0.2, 0.25) is 5.95 Å². The molecule has 4 N–H and O–H groups in total. The molecule has 6 nitrogen and oxygen atoms in total. The molecule has 1 aromatic heterocycles. The zero-order chi connectivity index (χ0) is 19.3. The van der Waals surface area contributed by atoms with Crippen molar-refractivity contribution in [1.82, 2.24) is 9.97 Å². The van der Waals surface area contributed by atoms with Crippen LogP contribution in [0.4, 0.5) is 5.95 Å². The van der Waals surface area contributed by atoms with Gasteiger partial charge in [0.1, 0.15) is 5.69 Å². The Hall–Kier alpha value is -2.15. The Balaban J connectivity index is 1.80. The van der Waals surface area contributed by atoms with Crippen LogP contribution in [0.5, 0.6) is 0 Å². The minimum Gasteiger partial charge on any atom is -0.364 e. The van der Waals surface area contributed by atoms with Gasteiger partial charge in [-0.3, -0.25) is 4.79 Å². The fourth-order valence-corrected chi connectivity index (χ4v) is 4.28. The van der Waals surface area contributed by atoms with Crippen molar-refractivity contribution in [2.45, 2.75) is 19.4 Å². The number of anilines is 1. The van der Waals surface area contributed by atoms with Gasteiger partial charge in [0, 0.05) is 36.2 Å². The monoisotopic (exact) mass is 403 g/mol. The predicted octanol–water partition coefficient (Wildman–Crippen LogP) is 2.95. The minimum absolute atomic E-state index is 0.131. The number of carbonyl (C=O) groups is 1. The normalized spacial score (nSPS) is 21.3. The molecule has 8 heteroatoms. The van der Waals surface area contributed by atoms with Crippen LogP contribution in [-0.4, -0.2) is 35.0 Å². The quantitative estimate of drug-likeness (QED) is 0.767. The van der Waals surface area contributed by atoms with Crippen LogP contribution in [0, 0.1) is 12.8 Å². The summed E-state index contributed by atoms with van der Waals surface area (Å²) in [6, 6.07) is 5.35. The second-order valence-electron chi connectivity index (χ2n) is 6.96. The number of aromatic nitrogens is 2. The lowest BCUT2D eigenvalue weighted by Crippen LogP contribution is -2.31. The Kier molecular flexibility index (Phi) is 4.58. The number of aryl methyl sites for hydroxylation is 1. The van der Waals surface area contributed by atoms with E-state index in [0.29, 0.717) is 45.3 Å². The molecule has 2 aromatic rings. The number of hydrogen-bond donors (Lipinski definition) is 2. The molecule has 0 bridgehead atoms. The number of carbonyl (C=O) groups excluding carboxylic acids is 1. The molecular formula is C19H19Cl2N5O. The number of fused-ring (bicyclic) bond motifs is 1. The van der Waals surface area contributed by atoms with Crippen LogP contribution in [0.2, 0.25) is 10.0 Å². The fraction of sp³-hybridized carbons (Fsp3) is 0.316. The largest absolute Gasteiger partial charge is 0.364 e. The number of halogens is 2. The summed E-state index contributed by atoms with van der Waals surface area (Å²) < 4.78 is 0. The smallest absolute Gasteiger partial charge is 0.268 e. The fourth-order valence-electron chi connectivity index (χ4n) is 3.88. The zero-order valence-electron chi connectivity index (χ0n) is 14.7. The summed E-state index contributed by atoms with van der Waals surface area (Å²) in [4.78, 5) is 23.3. The maximum absolute atomic E-state index is 12.2. The van der Waals surface area contributed by atoms with Crippen LogP contribution in [-0.2, 0) is 0 Å². The first-order valence-electron chi connectivity index (χ1n) is 8.69. The second-order valence-corrected chi connectivity index (χ2v) is 7.75. The van der Waals surface area contributed by atoms with Gasteiger partial charge in [0.15, 0.2) is 0 Å². The number of hydrogen-bond acceptors (Lipinski definition) is 5. The summed E-state index contributed by atoms with van der Waals surface area (Å²) in [5.41, 5.74) is 15.0. The van der Waals surface area contributed by atoms with E-state index in [-0.39, 0.29) is 11.7 Å². The highest BCUT2D eigenvalue weighted by molar-refractivity contribution is 6.43. The molecule has 0 saturated carbocycles. The summed E-state index contributed by atoms with van der Waals surface area (Å²) in [6.07, 6.45) is 3.10. The van der Waals surface area contributed by atoms with E-state index in [2.05, 4.69) is 16.0 Å². The zero-order valence-corrected chi connectivity index (χ0v) is 16.3. The number of rotatable bonds is 3. The van der Waals surface area contributed by atoms with E-state index < -0.39 is 5.91 Å². The van der Waals surface area contributed by atoms with E-state index in [0.717, 1.165) is 13.0 Å². The van der Waals surface area contributed by atoms with Crippen molar-refractivity contribution >= 4 is 35.1 Å². The molecule has 1 saturated heterocycles. The van der Waals surface area contributed by atoms with Gasteiger partial charge in [0.25, 0.3) is 5.91 Å². The Morgan fingerprint density at radius 1 is 1.30 bits per heavy atom. The molecule has 1 unspecified atom stereocenters. The van der Waals surface area contributed by atoms with Gasteiger partial charge in [-0.05, 0) is 25.0 Å². The summed E-state index contributed by atoms with van der Waals surface area (Å²) in [5, 5.41) is 0.731. The summed E-state index contributed by atoms with van der Waals surface area (Å²) in [7, 11) is 0. The number of amides is 1. The topological polar surface area (TPSA) is 98.1 Å². The van der Waals surface area contributed by atoms with Crippen molar-refractivity contribution in [3.05, 3.63) is 51.3 Å². The standard InChI is InChI=1S/C19H19Cl2N5O/c1-9-15(11-3-2-4-13(20)16(11)21)17(18(23)27)25-19(24-9)26-7-10-5-6-14(22)12(10)8-26/h2-5,12,14H,6-8,22H2,1H3,(H2,23,27)/t12-,14?/m0/s1. The minimum atomic E-state index is -0.636. The predicted molar refractivity (Wildman–Crippen MR) is 107 cm³/mol. The molecule has 0 radical (unpaired) electrons. The highest BCUT2D eigenvalue weighted by Gasteiger charge is 2.36. The van der Waals surface area contributed by atoms with Crippen molar-refractivity contribution in [3.8, 4) is 11.1 Å².